The summed E-state index contributed by atoms with van der Waals surface area (Å²) in [5.41, 5.74) is 1.90. The number of hydrogen-bond acceptors (Lipinski definition) is 5. The minimum Gasteiger partial charge on any atom is -0.465 e. The average Bonchev–Trinajstić information content (AvgIpc) is 2.94. The maximum atomic E-state index is 14.4. The molecule has 43 heavy (non-hydrogen) atoms. The number of aromatic nitrogens is 3. The number of hydrogen-bond donors (Lipinski definition) is 1. The highest BCUT2D eigenvalue weighted by Crippen LogP contribution is 2.33. The minimum atomic E-state index is -0.991. The van der Waals surface area contributed by atoms with Crippen molar-refractivity contribution in [2.75, 3.05) is 14.1 Å². The third-order valence-electron chi connectivity index (χ3n) is 8.14. The van der Waals surface area contributed by atoms with Crippen LogP contribution in [0.3, 0.4) is 0 Å². The van der Waals surface area contributed by atoms with E-state index in [1.54, 1.807) is 6.07 Å². The second-order valence-corrected chi connectivity index (χ2v) is 12.5. The van der Waals surface area contributed by atoms with Crippen LogP contribution in [0, 0.1) is 5.82 Å². The Hall–Kier alpha value is -4.31. The van der Waals surface area contributed by atoms with E-state index in [1.807, 2.05) is 71.3 Å². The van der Waals surface area contributed by atoms with Gasteiger partial charge in [0.25, 0.3) is 5.56 Å². The largest absolute Gasteiger partial charge is 0.465 e. The van der Waals surface area contributed by atoms with Crippen LogP contribution < -0.4 is 11.2 Å². The molecule has 4 aromatic rings. The maximum Gasteiger partial charge on any atom is 0.407 e. The van der Waals surface area contributed by atoms with Gasteiger partial charge in [0, 0.05) is 24.2 Å². The Balaban J connectivity index is 1.61. The lowest BCUT2D eigenvalue weighted by molar-refractivity contribution is 0.0506. The number of carbonyl (C=O) groups is 1. The first-order valence-corrected chi connectivity index (χ1v) is 14.6. The van der Waals surface area contributed by atoms with Crippen LogP contribution in [-0.4, -0.2) is 60.8 Å². The molecule has 1 saturated carbocycles. The van der Waals surface area contributed by atoms with Crippen molar-refractivity contribution >= 4 is 17.1 Å². The number of nitrogens with zero attached hydrogens (tertiary/aromatic N) is 5. The zero-order valence-corrected chi connectivity index (χ0v) is 25.2. The van der Waals surface area contributed by atoms with E-state index < -0.39 is 34.7 Å². The molecule has 0 atom stereocenters. The van der Waals surface area contributed by atoms with Gasteiger partial charge < -0.3 is 14.9 Å². The highest BCUT2D eigenvalue weighted by molar-refractivity contribution is 5.77. The fraction of sp³-hybridized carbons (Fsp3) is 0.394. The van der Waals surface area contributed by atoms with E-state index in [4.69, 9.17) is 0 Å². The Bertz CT molecular complexity index is 1780. The lowest BCUT2D eigenvalue weighted by atomic mass is 9.88. The number of benzene rings is 2. The summed E-state index contributed by atoms with van der Waals surface area (Å²) in [5.74, 6) is -0.668. The van der Waals surface area contributed by atoms with Gasteiger partial charge in [0.2, 0.25) is 0 Å². The third kappa shape index (κ3) is 5.97. The number of fused-ring (bicyclic) bond motifs is 1. The molecule has 1 N–H and O–H groups in total. The van der Waals surface area contributed by atoms with Gasteiger partial charge in [-0.15, -0.1) is 0 Å². The van der Waals surface area contributed by atoms with Crippen molar-refractivity contribution in [1.29, 1.82) is 0 Å². The van der Waals surface area contributed by atoms with Crippen LogP contribution in [-0.2, 0) is 6.54 Å². The fourth-order valence-electron chi connectivity index (χ4n) is 6.40. The van der Waals surface area contributed by atoms with Crippen LogP contribution in [0.5, 0.6) is 0 Å². The molecular weight excluding hydrogens is 549 g/mol. The summed E-state index contributed by atoms with van der Waals surface area (Å²) in [6.45, 7) is 6.29. The Morgan fingerprint density at radius 2 is 1.72 bits per heavy atom. The molecule has 10 heteroatoms. The molecule has 2 heterocycles. The molecule has 226 valence electrons. The van der Waals surface area contributed by atoms with Crippen molar-refractivity contribution < 1.29 is 14.3 Å². The molecule has 1 amide bonds. The topological polar surface area (TPSA) is 101 Å². The van der Waals surface area contributed by atoms with E-state index in [-0.39, 0.29) is 17.1 Å². The van der Waals surface area contributed by atoms with Crippen LogP contribution in [0.4, 0.5) is 9.18 Å². The van der Waals surface area contributed by atoms with Crippen molar-refractivity contribution in [2.45, 2.75) is 70.6 Å². The molecule has 1 aliphatic carbocycles. The summed E-state index contributed by atoms with van der Waals surface area (Å²) in [4.78, 5) is 47.8. The van der Waals surface area contributed by atoms with E-state index in [9.17, 15) is 23.9 Å². The standard InChI is InChI=1S/C33H38FN5O4/c1-33(2,3)39(32(42)43)25-15-13-24(14-16-25)38-30(40)28-18-23(34)19-35-29(28)37(31(38)41)26-11-8-10-21(17-26)27-12-7-6-9-22(27)20-36(4)5/h6-12,17-19,24-25H,13-16,20H2,1-5H3,(H,42,43). The molecule has 1 fully saturated rings. The van der Waals surface area contributed by atoms with E-state index in [0.29, 0.717) is 31.4 Å². The van der Waals surface area contributed by atoms with Crippen LogP contribution in [0.1, 0.15) is 58.1 Å². The molecule has 9 nitrogen and oxygen atoms in total. The SMILES string of the molecule is CN(C)Cc1ccccc1-c1cccc(-n2c(=O)n(C3CCC(N(C(=O)O)C(C)(C)C)CC3)c(=O)c3cc(F)cnc32)c1. The lowest BCUT2D eigenvalue weighted by Crippen LogP contribution is -2.53. The average molecular weight is 588 g/mol. The van der Waals surface area contributed by atoms with Gasteiger partial charge in [0.15, 0.2) is 5.65 Å². The summed E-state index contributed by atoms with van der Waals surface area (Å²) in [6, 6.07) is 16.0. The molecule has 0 unspecified atom stereocenters. The molecule has 2 aromatic carbocycles. The second-order valence-electron chi connectivity index (χ2n) is 12.5. The van der Waals surface area contributed by atoms with E-state index >= 15 is 0 Å². The van der Waals surface area contributed by atoms with Crippen molar-refractivity contribution in [3.05, 3.63) is 93.0 Å². The van der Waals surface area contributed by atoms with Gasteiger partial charge in [0.1, 0.15) is 5.82 Å². The summed E-state index contributed by atoms with van der Waals surface area (Å²) in [5, 5.41) is 9.89. The third-order valence-corrected chi connectivity index (χ3v) is 8.14. The second kappa shape index (κ2) is 11.8. The Kier molecular flexibility index (Phi) is 8.25. The Labute approximate surface area is 249 Å². The molecule has 5 rings (SSSR count). The molecule has 0 spiro atoms. The first-order chi connectivity index (χ1) is 20.4. The van der Waals surface area contributed by atoms with Gasteiger partial charge in [-0.3, -0.25) is 9.36 Å². The highest BCUT2D eigenvalue weighted by atomic mass is 19.1. The van der Waals surface area contributed by atoms with Crippen molar-refractivity contribution in [3.63, 3.8) is 0 Å². The first kappa shape index (κ1) is 30.2. The summed E-state index contributed by atoms with van der Waals surface area (Å²) < 4.78 is 17.0. The molecule has 0 bridgehead atoms. The van der Waals surface area contributed by atoms with Crippen LogP contribution in [0.25, 0.3) is 27.8 Å². The maximum absolute atomic E-state index is 14.4. The fourth-order valence-corrected chi connectivity index (χ4v) is 6.40. The molecule has 0 saturated heterocycles. The number of rotatable bonds is 6. The van der Waals surface area contributed by atoms with Gasteiger partial charge in [-0.1, -0.05) is 36.4 Å². The van der Waals surface area contributed by atoms with Gasteiger partial charge in [-0.05, 0) is 95.4 Å². The smallest absolute Gasteiger partial charge is 0.407 e. The molecule has 1 aliphatic rings. The van der Waals surface area contributed by atoms with Gasteiger partial charge >= 0.3 is 11.8 Å². The predicted octanol–water partition coefficient (Wildman–Crippen LogP) is 5.68. The number of pyridine rings is 1. The number of amides is 1. The monoisotopic (exact) mass is 587 g/mol. The van der Waals surface area contributed by atoms with Crippen LogP contribution >= 0.6 is 0 Å². The van der Waals surface area contributed by atoms with Crippen molar-refractivity contribution in [3.8, 4) is 16.8 Å². The number of carboxylic acid groups (broad SMARTS) is 1. The number of halogens is 1. The van der Waals surface area contributed by atoms with E-state index in [0.717, 1.165) is 35.5 Å². The van der Waals surface area contributed by atoms with Crippen molar-refractivity contribution in [2.24, 2.45) is 0 Å². The van der Waals surface area contributed by atoms with E-state index in [1.165, 1.54) is 14.0 Å². The van der Waals surface area contributed by atoms with Gasteiger partial charge in [-0.2, -0.15) is 0 Å². The van der Waals surface area contributed by atoms with Gasteiger partial charge in [0.05, 0.1) is 17.3 Å². The summed E-state index contributed by atoms with van der Waals surface area (Å²) >= 11 is 0. The Morgan fingerprint density at radius 1 is 1.02 bits per heavy atom. The van der Waals surface area contributed by atoms with Gasteiger partial charge in [-0.25, -0.2) is 23.5 Å². The normalized spacial score (nSPS) is 17.4. The van der Waals surface area contributed by atoms with Crippen molar-refractivity contribution in [1.82, 2.24) is 23.9 Å². The predicted molar refractivity (Wildman–Crippen MR) is 165 cm³/mol. The Morgan fingerprint density at radius 3 is 2.37 bits per heavy atom. The van der Waals surface area contributed by atoms with Crippen LogP contribution in [0.15, 0.2) is 70.4 Å². The zero-order valence-electron chi connectivity index (χ0n) is 25.2. The van der Waals surface area contributed by atoms with Crippen LogP contribution in [0.2, 0.25) is 0 Å². The molecule has 0 aliphatic heterocycles. The lowest BCUT2D eigenvalue weighted by Gasteiger charge is -2.42. The highest BCUT2D eigenvalue weighted by Gasteiger charge is 2.37. The minimum absolute atomic E-state index is 0.0157. The molecular formula is C33H38FN5O4. The first-order valence-electron chi connectivity index (χ1n) is 14.6. The summed E-state index contributed by atoms with van der Waals surface area (Å²) in [7, 11) is 4.01. The quantitative estimate of drug-likeness (QED) is 0.312. The summed E-state index contributed by atoms with van der Waals surface area (Å²) in [6.07, 6.45) is 1.89. The van der Waals surface area contributed by atoms with E-state index in [2.05, 4.69) is 16.0 Å². The molecule has 2 aromatic heterocycles. The zero-order chi connectivity index (χ0) is 31.1. The molecule has 0 radical (unpaired) electrons.